The predicted octanol–water partition coefficient (Wildman–Crippen LogP) is 1.86. The third-order valence-electron chi connectivity index (χ3n) is 4.30. The van der Waals surface area contributed by atoms with Gasteiger partial charge in [-0.15, -0.1) is 0 Å². The second-order valence-electron chi connectivity index (χ2n) is 8.09. The molecule has 1 heterocycles. The molecule has 0 bridgehead atoms. The fourth-order valence-electron chi connectivity index (χ4n) is 3.40. The van der Waals surface area contributed by atoms with Crippen molar-refractivity contribution in [1.29, 1.82) is 0 Å². The zero-order chi connectivity index (χ0) is 15.9. The molecule has 0 aromatic carbocycles. The number of hydrogen-bond donors (Lipinski definition) is 4. The van der Waals surface area contributed by atoms with Crippen LogP contribution in [0.5, 0.6) is 0 Å². The second-order valence-corrected chi connectivity index (χ2v) is 8.09. The maximum absolute atomic E-state index is 3.69. The van der Waals surface area contributed by atoms with Crippen molar-refractivity contribution in [1.82, 2.24) is 21.3 Å². The van der Waals surface area contributed by atoms with Gasteiger partial charge in [-0.05, 0) is 73.9 Å². The zero-order valence-corrected chi connectivity index (χ0v) is 15.1. The molecule has 4 N–H and O–H groups in total. The Morgan fingerprint density at radius 1 is 0.667 bits per heavy atom. The van der Waals surface area contributed by atoms with Gasteiger partial charge in [0.25, 0.3) is 0 Å². The van der Waals surface area contributed by atoms with E-state index in [0.717, 1.165) is 39.0 Å². The Labute approximate surface area is 132 Å². The predicted molar refractivity (Wildman–Crippen MR) is 92.9 cm³/mol. The minimum absolute atomic E-state index is 0.190. The Balaban J connectivity index is 2.55. The van der Waals surface area contributed by atoms with Gasteiger partial charge in [0.05, 0.1) is 0 Å². The van der Waals surface area contributed by atoms with Crippen LogP contribution in [0.4, 0.5) is 0 Å². The van der Waals surface area contributed by atoms with Crippen molar-refractivity contribution >= 4 is 0 Å². The standard InChI is InChI=1S/C17H38N4/c1-14-12-17(5,6)21-11-10-19-15(2)13-16(3,4)20-9-7-8-18-14/h14-15,18-21H,7-13H2,1-6H3/t14-,15+/m0/s1. The van der Waals surface area contributed by atoms with Crippen LogP contribution in [0.2, 0.25) is 0 Å². The van der Waals surface area contributed by atoms with Crippen LogP contribution in [0.3, 0.4) is 0 Å². The zero-order valence-electron chi connectivity index (χ0n) is 15.1. The molecule has 4 heteroatoms. The smallest absolute Gasteiger partial charge is 0.0140 e. The van der Waals surface area contributed by atoms with E-state index in [2.05, 4.69) is 62.8 Å². The highest BCUT2D eigenvalue weighted by Crippen LogP contribution is 2.13. The van der Waals surface area contributed by atoms with E-state index in [1.165, 1.54) is 6.42 Å². The van der Waals surface area contributed by atoms with E-state index in [-0.39, 0.29) is 11.1 Å². The van der Waals surface area contributed by atoms with Gasteiger partial charge in [0, 0.05) is 36.3 Å². The van der Waals surface area contributed by atoms with Crippen molar-refractivity contribution in [3.8, 4) is 0 Å². The highest BCUT2D eigenvalue weighted by molar-refractivity contribution is 4.85. The molecule has 0 saturated carbocycles. The van der Waals surface area contributed by atoms with Crippen molar-refractivity contribution in [2.24, 2.45) is 0 Å². The van der Waals surface area contributed by atoms with Gasteiger partial charge in [0.15, 0.2) is 0 Å². The lowest BCUT2D eigenvalue weighted by molar-refractivity contribution is 0.309. The summed E-state index contributed by atoms with van der Waals surface area (Å²) in [5.41, 5.74) is 0.389. The van der Waals surface area contributed by atoms with Gasteiger partial charge in [0.2, 0.25) is 0 Å². The fourth-order valence-corrected chi connectivity index (χ4v) is 3.40. The number of nitrogens with one attached hydrogen (secondary N) is 4. The Kier molecular flexibility index (Phi) is 7.62. The van der Waals surface area contributed by atoms with Crippen molar-refractivity contribution in [3.05, 3.63) is 0 Å². The van der Waals surface area contributed by atoms with Gasteiger partial charge in [-0.2, -0.15) is 0 Å². The van der Waals surface area contributed by atoms with E-state index < -0.39 is 0 Å². The summed E-state index contributed by atoms with van der Waals surface area (Å²) in [6.07, 6.45) is 3.49. The summed E-state index contributed by atoms with van der Waals surface area (Å²) in [7, 11) is 0. The molecule has 0 aliphatic carbocycles. The van der Waals surface area contributed by atoms with E-state index in [9.17, 15) is 0 Å². The van der Waals surface area contributed by atoms with Crippen LogP contribution in [0.15, 0.2) is 0 Å². The van der Waals surface area contributed by atoms with Gasteiger partial charge < -0.3 is 21.3 Å². The normalized spacial score (nSPS) is 32.9. The van der Waals surface area contributed by atoms with Crippen LogP contribution in [0.1, 0.15) is 60.8 Å². The molecule has 0 amide bonds. The van der Waals surface area contributed by atoms with E-state index in [0.29, 0.717) is 12.1 Å². The van der Waals surface area contributed by atoms with E-state index in [1.807, 2.05) is 0 Å². The maximum atomic E-state index is 3.69. The molecule has 1 aliphatic heterocycles. The molecule has 126 valence electrons. The van der Waals surface area contributed by atoms with Crippen LogP contribution in [0.25, 0.3) is 0 Å². The molecule has 1 saturated heterocycles. The molecule has 21 heavy (non-hydrogen) atoms. The fraction of sp³-hybridized carbons (Fsp3) is 1.00. The third-order valence-corrected chi connectivity index (χ3v) is 4.30. The maximum Gasteiger partial charge on any atom is 0.0140 e. The molecule has 1 aliphatic rings. The molecule has 2 atom stereocenters. The molecule has 0 radical (unpaired) electrons. The second kappa shape index (κ2) is 8.47. The van der Waals surface area contributed by atoms with Crippen molar-refractivity contribution in [2.45, 2.75) is 84.0 Å². The van der Waals surface area contributed by atoms with E-state index in [4.69, 9.17) is 0 Å². The molecule has 0 unspecified atom stereocenters. The molecule has 1 rings (SSSR count). The summed E-state index contributed by atoms with van der Waals surface area (Å²) in [5.74, 6) is 0. The van der Waals surface area contributed by atoms with Crippen molar-refractivity contribution < 1.29 is 0 Å². The lowest BCUT2D eigenvalue weighted by Crippen LogP contribution is -2.48. The van der Waals surface area contributed by atoms with Gasteiger partial charge in [-0.3, -0.25) is 0 Å². The van der Waals surface area contributed by atoms with Crippen molar-refractivity contribution in [2.75, 3.05) is 26.2 Å². The van der Waals surface area contributed by atoms with Crippen LogP contribution in [-0.2, 0) is 0 Å². The van der Waals surface area contributed by atoms with Crippen molar-refractivity contribution in [3.63, 3.8) is 0 Å². The lowest BCUT2D eigenvalue weighted by Gasteiger charge is -2.31. The lowest BCUT2D eigenvalue weighted by atomic mass is 9.95. The van der Waals surface area contributed by atoms with E-state index in [1.54, 1.807) is 0 Å². The average Bonchev–Trinajstić information content (AvgIpc) is 2.32. The SMILES string of the molecule is C[C@@H]1CC(C)(C)NCCCN[C@@H](C)CC(C)(C)NCCN1. The monoisotopic (exact) mass is 298 g/mol. The third kappa shape index (κ3) is 8.77. The molecule has 0 spiro atoms. The first-order chi connectivity index (χ1) is 9.70. The van der Waals surface area contributed by atoms with E-state index >= 15 is 0 Å². The summed E-state index contributed by atoms with van der Waals surface area (Å²) >= 11 is 0. The molecule has 1 fully saturated rings. The van der Waals surface area contributed by atoms with Crippen LogP contribution >= 0.6 is 0 Å². The molecule has 0 aromatic heterocycles. The first kappa shape index (κ1) is 18.9. The molecule has 4 nitrogen and oxygen atoms in total. The largest absolute Gasteiger partial charge is 0.314 e. The van der Waals surface area contributed by atoms with Crippen LogP contribution in [0, 0.1) is 0 Å². The van der Waals surface area contributed by atoms with Gasteiger partial charge in [-0.25, -0.2) is 0 Å². The molecular weight excluding hydrogens is 260 g/mol. The average molecular weight is 299 g/mol. The summed E-state index contributed by atoms with van der Waals surface area (Å²) in [4.78, 5) is 0. The Morgan fingerprint density at radius 3 is 1.71 bits per heavy atom. The Bertz CT molecular complexity index is 289. The number of rotatable bonds is 0. The summed E-state index contributed by atoms with van der Waals surface area (Å²) < 4.78 is 0. The summed E-state index contributed by atoms with van der Waals surface area (Å²) in [5, 5.41) is 14.7. The highest BCUT2D eigenvalue weighted by atomic mass is 15.0. The minimum Gasteiger partial charge on any atom is -0.314 e. The van der Waals surface area contributed by atoms with Crippen LogP contribution < -0.4 is 21.3 Å². The first-order valence-corrected chi connectivity index (χ1v) is 8.67. The number of hydrogen-bond acceptors (Lipinski definition) is 4. The quantitative estimate of drug-likeness (QED) is 0.551. The topological polar surface area (TPSA) is 48.1 Å². The Hall–Kier alpha value is -0.160. The van der Waals surface area contributed by atoms with Gasteiger partial charge in [-0.1, -0.05) is 0 Å². The molecule has 0 aromatic rings. The molecular formula is C17H38N4. The first-order valence-electron chi connectivity index (χ1n) is 8.67. The minimum atomic E-state index is 0.190. The van der Waals surface area contributed by atoms with Gasteiger partial charge in [0.1, 0.15) is 0 Å². The van der Waals surface area contributed by atoms with Gasteiger partial charge >= 0.3 is 0 Å². The summed E-state index contributed by atoms with van der Waals surface area (Å²) in [6, 6.07) is 1.09. The highest BCUT2D eigenvalue weighted by Gasteiger charge is 2.22. The Morgan fingerprint density at radius 2 is 1.14 bits per heavy atom. The van der Waals surface area contributed by atoms with Crippen LogP contribution in [-0.4, -0.2) is 49.3 Å². The summed E-state index contributed by atoms with van der Waals surface area (Å²) in [6.45, 7) is 18.0.